The zero-order valence-electron chi connectivity index (χ0n) is 12.8. The van der Waals surface area contributed by atoms with E-state index in [0.717, 1.165) is 17.9 Å². The predicted molar refractivity (Wildman–Crippen MR) is 79.3 cm³/mol. The van der Waals surface area contributed by atoms with Crippen molar-refractivity contribution in [2.24, 2.45) is 0 Å². The van der Waals surface area contributed by atoms with Crippen LogP contribution in [0.25, 0.3) is 0 Å². The molecule has 2 aromatic heterocycles. The van der Waals surface area contributed by atoms with E-state index in [1.165, 1.54) is 0 Å². The van der Waals surface area contributed by atoms with Crippen molar-refractivity contribution in [2.75, 3.05) is 19.7 Å². The second-order valence-electron chi connectivity index (χ2n) is 5.22. The second kappa shape index (κ2) is 6.23. The molecule has 0 saturated carbocycles. The fourth-order valence-corrected chi connectivity index (χ4v) is 2.55. The van der Waals surface area contributed by atoms with Gasteiger partial charge in [0.05, 0.1) is 36.3 Å². The van der Waals surface area contributed by atoms with Crippen LogP contribution in [0.4, 0.5) is 0 Å². The van der Waals surface area contributed by atoms with Gasteiger partial charge in [0.15, 0.2) is 0 Å². The van der Waals surface area contributed by atoms with Crippen molar-refractivity contribution in [3.63, 3.8) is 0 Å². The first-order valence-electron chi connectivity index (χ1n) is 7.40. The molecule has 3 heterocycles. The van der Waals surface area contributed by atoms with E-state index < -0.39 is 0 Å². The number of hydrogen-bond acceptors (Lipinski definition) is 5. The van der Waals surface area contributed by atoms with E-state index in [0.29, 0.717) is 25.3 Å². The summed E-state index contributed by atoms with van der Waals surface area (Å²) in [6.45, 7) is 6.16. The first-order valence-corrected chi connectivity index (χ1v) is 7.40. The molecule has 0 radical (unpaired) electrons. The van der Waals surface area contributed by atoms with E-state index >= 15 is 0 Å². The van der Waals surface area contributed by atoms with Gasteiger partial charge in [-0.2, -0.15) is 5.10 Å². The highest BCUT2D eigenvalue weighted by Crippen LogP contribution is 2.21. The number of morpholine rings is 1. The Balaban J connectivity index is 1.76. The monoisotopic (exact) mass is 301 g/mol. The third kappa shape index (κ3) is 2.85. The van der Waals surface area contributed by atoms with Gasteiger partial charge in [0.25, 0.3) is 5.91 Å². The van der Waals surface area contributed by atoms with Crippen molar-refractivity contribution >= 4 is 5.91 Å². The number of carbonyl (C=O) groups is 1. The Hall–Kier alpha value is -2.28. The third-order valence-electron chi connectivity index (χ3n) is 3.77. The van der Waals surface area contributed by atoms with E-state index in [2.05, 4.69) is 15.1 Å². The Morgan fingerprint density at radius 1 is 1.45 bits per heavy atom. The lowest BCUT2D eigenvalue weighted by atomic mass is 10.1. The number of aromatic nitrogens is 4. The van der Waals surface area contributed by atoms with Gasteiger partial charge in [0.1, 0.15) is 6.10 Å². The van der Waals surface area contributed by atoms with Crippen molar-refractivity contribution in [3.8, 4) is 0 Å². The molecule has 1 aliphatic rings. The number of rotatable bonds is 3. The first-order chi connectivity index (χ1) is 10.7. The van der Waals surface area contributed by atoms with Gasteiger partial charge in [0, 0.05) is 31.7 Å². The third-order valence-corrected chi connectivity index (χ3v) is 3.77. The normalized spacial score (nSPS) is 18.5. The maximum absolute atomic E-state index is 12.7. The summed E-state index contributed by atoms with van der Waals surface area (Å²) in [5, 5.41) is 4.34. The first kappa shape index (κ1) is 14.6. The van der Waals surface area contributed by atoms with Gasteiger partial charge in [-0.05, 0) is 13.8 Å². The van der Waals surface area contributed by atoms with Gasteiger partial charge in [0.2, 0.25) is 0 Å². The van der Waals surface area contributed by atoms with Crippen molar-refractivity contribution in [1.29, 1.82) is 0 Å². The lowest BCUT2D eigenvalue weighted by Crippen LogP contribution is -2.42. The average molecular weight is 301 g/mol. The molecule has 0 spiro atoms. The topological polar surface area (TPSA) is 73.1 Å². The molecule has 0 aromatic carbocycles. The predicted octanol–water partition coefficient (Wildman–Crippen LogP) is 1.22. The van der Waals surface area contributed by atoms with Gasteiger partial charge in [-0.15, -0.1) is 0 Å². The summed E-state index contributed by atoms with van der Waals surface area (Å²) in [5.41, 5.74) is 2.16. The smallest absolute Gasteiger partial charge is 0.257 e. The number of carbonyl (C=O) groups excluding carboxylic acids is 1. The van der Waals surface area contributed by atoms with Gasteiger partial charge < -0.3 is 9.64 Å². The molecule has 22 heavy (non-hydrogen) atoms. The number of aryl methyl sites for hydroxylation is 2. The Morgan fingerprint density at radius 2 is 2.32 bits per heavy atom. The van der Waals surface area contributed by atoms with Crippen molar-refractivity contribution in [2.45, 2.75) is 26.5 Å². The van der Waals surface area contributed by atoms with Crippen LogP contribution in [0.5, 0.6) is 0 Å². The lowest BCUT2D eigenvalue weighted by Gasteiger charge is -2.32. The molecule has 0 aliphatic carbocycles. The van der Waals surface area contributed by atoms with E-state index in [-0.39, 0.29) is 12.0 Å². The number of amides is 1. The summed E-state index contributed by atoms with van der Waals surface area (Å²) in [4.78, 5) is 22.8. The highest BCUT2D eigenvalue weighted by molar-refractivity contribution is 5.95. The van der Waals surface area contributed by atoms with Gasteiger partial charge in [-0.1, -0.05) is 0 Å². The van der Waals surface area contributed by atoms with Crippen LogP contribution in [0.15, 0.2) is 24.8 Å². The second-order valence-corrected chi connectivity index (χ2v) is 5.22. The molecule has 1 unspecified atom stereocenters. The quantitative estimate of drug-likeness (QED) is 0.852. The minimum Gasteiger partial charge on any atom is -0.368 e. The van der Waals surface area contributed by atoms with Crippen LogP contribution in [-0.4, -0.2) is 50.3 Å². The molecule has 7 heteroatoms. The van der Waals surface area contributed by atoms with Gasteiger partial charge in [-0.25, -0.2) is 0 Å². The summed E-state index contributed by atoms with van der Waals surface area (Å²) >= 11 is 0. The van der Waals surface area contributed by atoms with Crippen LogP contribution in [0.3, 0.4) is 0 Å². The fourth-order valence-electron chi connectivity index (χ4n) is 2.55. The molecule has 1 amide bonds. The van der Waals surface area contributed by atoms with Crippen molar-refractivity contribution < 1.29 is 9.53 Å². The molecule has 1 aliphatic heterocycles. The molecule has 1 atom stereocenters. The highest BCUT2D eigenvalue weighted by Gasteiger charge is 2.28. The van der Waals surface area contributed by atoms with E-state index in [1.54, 1.807) is 28.2 Å². The zero-order valence-corrected chi connectivity index (χ0v) is 12.8. The van der Waals surface area contributed by atoms with E-state index in [9.17, 15) is 4.79 Å². The number of nitrogens with zero attached hydrogens (tertiary/aromatic N) is 5. The fraction of sp³-hybridized carbons (Fsp3) is 0.467. The summed E-state index contributed by atoms with van der Waals surface area (Å²) in [6, 6.07) is 0. The van der Waals surface area contributed by atoms with Crippen LogP contribution in [0.1, 0.15) is 34.8 Å². The number of ether oxygens (including phenoxy) is 1. The maximum atomic E-state index is 12.7. The SMILES string of the molecule is CCn1cc(C(=O)N2CCOC(c3cnccn3)C2)c(C)n1. The molecule has 7 nitrogen and oxygen atoms in total. The van der Waals surface area contributed by atoms with Crippen LogP contribution in [0, 0.1) is 6.92 Å². The Bertz CT molecular complexity index is 655. The average Bonchev–Trinajstić information content (AvgIpc) is 2.96. The molecule has 1 fully saturated rings. The molecule has 0 N–H and O–H groups in total. The lowest BCUT2D eigenvalue weighted by molar-refractivity contribution is -0.0249. The van der Waals surface area contributed by atoms with Crippen LogP contribution < -0.4 is 0 Å². The Kier molecular flexibility index (Phi) is 4.15. The zero-order chi connectivity index (χ0) is 15.5. The van der Waals surface area contributed by atoms with E-state index in [4.69, 9.17) is 4.74 Å². The molecule has 2 aromatic rings. The van der Waals surface area contributed by atoms with Crippen molar-refractivity contribution in [1.82, 2.24) is 24.6 Å². The summed E-state index contributed by atoms with van der Waals surface area (Å²) in [7, 11) is 0. The Labute approximate surface area is 128 Å². The van der Waals surface area contributed by atoms with Crippen LogP contribution in [0.2, 0.25) is 0 Å². The summed E-state index contributed by atoms with van der Waals surface area (Å²) in [5.74, 6) is -0.00519. The number of hydrogen-bond donors (Lipinski definition) is 0. The van der Waals surface area contributed by atoms with Crippen LogP contribution >= 0.6 is 0 Å². The molecule has 116 valence electrons. The molecule has 1 saturated heterocycles. The standard InChI is InChI=1S/C15H19N5O2/c1-3-20-9-12(11(2)18-20)15(21)19-6-7-22-14(10-19)13-8-16-4-5-17-13/h4-5,8-9,14H,3,6-7,10H2,1-2H3. The maximum Gasteiger partial charge on any atom is 0.257 e. The molecule has 0 bridgehead atoms. The van der Waals surface area contributed by atoms with Gasteiger partial charge in [-0.3, -0.25) is 19.4 Å². The molecule has 3 rings (SSSR count). The van der Waals surface area contributed by atoms with Crippen molar-refractivity contribution in [3.05, 3.63) is 41.7 Å². The largest absolute Gasteiger partial charge is 0.368 e. The highest BCUT2D eigenvalue weighted by atomic mass is 16.5. The van der Waals surface area contributed by atoms with Crippen LogP contribution in [-0.2, 0) is 11.3 Å². The Morgan fingerprint density at radius 3 is 3.00 bits per heavy atom. The molecular weight excluding hydrogens is 282 g/mol. The molecular formula is C15H19N5O2. The summed E-state index contributed by atoms with van der Waals surface area (Å²) < 4.78 is 7.50. The minimum absolute atomic E-state index is 0.00519. The van der Waals surface area contributed by atoms with E-state index in [1.807, 2.05) is 20.0 Å². The minimum atomic E-state index is -0.229. The van der Waals surface area contributed by atoms with Gasteiger partial charge >= 0.3 is 0 Å². The summed E-state index contributed by atoms with van der Waals surface area (Å²) in [6.07, 6.45) is 6.52.